The molecule has 0 fully saturated rings. The summed E-state index contributed by atoms with van der Waals surface area (Å²) in [5, 5.41) is 10.4. The van der Waals surface area contributed by atoms with Gasteiger partial charge in [-0.15, -0.1) is 0 Å². The van der Waals surface area contributed by atoms with Crippen LogP contribution in [0.3, 0.4) is 0 Å². The standard InChI is InChI=1S/C14H14ClNO/c15-14-10-12(8-9-16-14)13(17)7-6-11-4-2-1-3-5-11/h1-5,8-10,13,17H,6-7H2. The maximum absolute atomic E-state index is 10.0. The summed E-state index contributed by atoms with van der Waals surface area (Å²) < 4.78 is 0. The SMILES string of the molecule is OC(CCc1ccccc1)c1ccnc(Cl)c1. The summed E-state index contributed by atoms with van der Waals surface area (Å²) in [6, 6.07) is 13.6. The summed E-state index contributed by atoms with van der Waals surface area (Å²) in [7, 11) is 0. The molecule has 1 aromatic carbocycles. The summed E-state index contributed by atoms with van der Waals surface area (Å²) in [6.45, 7) is 0. The van der Waals surface area contributed by atoms with E-state index in [1.165, 1.54) is 5.56 Å². The normalized spacial score (nSPS) is 12.4. The molecule has 17 heavy (non-hydrogen) atoms. The van der Waals surface area contributed by atoms with Crippen molar-refractivity contribution in [2.24, 2.45) is 0 Å². The maximum atomic E-state index is 10.0. The van der Waals surface area contributed by atoms with E-state index >= 15 is 0 Å². The molecule has 1 aromatic heterocycles. The number of aryl methyl sites for hydroxylation is 1. The molecule has 2 rings (SSSR count). The first-order valence-electron chi connectivity index (χ1n) is 5.59. The highest BCUT2D eigenvalue weighted by molar-refractivity contribution is 6.29. The third kappa shape index (κ3) is 3.55. The monoisotopic (exact) mass is 247 g/mol. The largest absolute Gasteiger partial charge is 0.388 e. The van der Waals surface area contributed by atoms with Crippen LogP contribution in [0.4, 0.5) is 0 Å². The van der Waals surface area contributed by atoms with Gasteiger partial charge >= 0.3 is 0 Å². The van der Waals surface area contributed by atoms with Crippen LogP contribution in [0, 0.1) is 0 Å². The predicted octanol–water partition coefficient (Wildman–Crippen LogP) is 3.40. The molecule has 2 aromatic rings. The Balaban J connectivity index is 1.96. The van der Waals surface area contributed by atoms with Gasteiger partial charge in [-0.1, -0.05) is 41.9 Å². The smallest absolute Gasteiger partial charge is 0.129 e. The Bertz CT molecular complexity index is 473. The fourth-order valence-corrected chi connectivity index (χ4v) is 1.92. The molecule has 0 radical (unpaired) electrons. The fraction of sp³-hybridized carbons (Fsp3) is 0.214. The Morgan fingerprint density at radius 1 is 1.18 bits per heavy atom. The second-order valence-corrected chi connectivity index (χ2v) is 4.34. The molecule has 0 aliphatic carbocycles. The van der Waals surface area contributed by atoms with Crippen molar-refractivity contribution in [1.29, 1.82) is 0 Å². The Morgan fingerprint density at radius 3 is 2.65 bits per heavy atom. The first-order chi connectivity index (χ1) is 8.25. The Kier molecular flexibility index (Phi) is 4.13. The van der Waals surface area contributed by atoms with Gasteiger partial charge in [-0.2, -0.15) is 0 Å². The molecule has 0 saturated carbocycles. The van der Waals surface area contributed by atoms with Crippen molar-refractivity contribution >= 4 is 11.6 Å². The fourth-order valence-electron chi connectivity index (χ4n) is 1.74. The Hall–Kier alpha value is -1.38. The number of nitrogens with zero attached hydrogens (tertiary/aromatic N) is 1. The van der Waals surface area contributed by atoms with Crippen LogP contribution in [0.2, 0.25) is 5.15 Å². The number of aliphatic hydroxyl groups excluding tert-OH is 1. The summed E-state index contributed by atoms with van der Waals surface area (Å²) in [4.78, 5) is 3.89. The number of rotatable bonds is 4. The van der Waals surface area contributed by atoms with E-state index in [1.807, 2.05) is 18.2 Å². The number of hydrogen-bond donors (Lipinski definition) is 1. The van der Waals surface area contributed by atoms with Crippen molar-refractivity contribution in [3.05, 3.63) is 64.9 Å². The van der Waals surface area contributed by atoms with E-state index in [4.69, 9.17) is 11.6 Å². The van der Waals surface area contributed by atoms with E-state index in [1.54, 1.807) is 18.3 Å². The van der Waals surface area contributed by atoms with Crippen LogP contribution in [-0.2, 0) is 6.42 Å². The second-order valence-electron chi connectivity index (χ2n) is 3.95. The van der Waals surface area contributed by atoms with Crippen LogP contribution < -0.4 is 0 Å². The molecule has 1 atom stereocenters. The molecule has 3 heteroatoms. The van der Waals surface area contributed by atoms with Crippen LogP contribution in [-0.4, -0.2) is 10.1 Å². The van der Waals surface area contributed by atoms with Gasteiger partial charge < -0.3 is 5.11 Å². The third-order valence-electron chi connectivity index (χ3n) is 2.68. The molecule has 0 saturated heterocycles. The summed E-state index contributed by atoms with van der Waals surface area (Å²) in [5.41, 5.74) is 2.05. The number of benzene rings is 1. The molecular weight excluding hydrogens is 234 g/mol. The maximum Gasteiger partial charge on any atom is 0.129 e. The van der Waals surface area contributed by atoms with E-state index in [-0.39, 0.29) is 0 Å². The summed E-state index contributed by atoms with van der Waals surface area (Å²) in [6.07, 6.45) is 2.66. The highest BCUT2D eigenvalue weighted by Crippen LogP contribution is 2.20. The molecule has 0 bridgehead atoms. The summed E-state index contributed by atoms with van der Waals surface area (Å²) in [5.74, 6) is 0. The highest BCUT2D eigenvalue weighted by Gasteiger charge is 2.08. The van der Waals surface area contributed by atoms with Crippen LogP contribution >= 0.6 is 11.6 Å². The van der Waals surface area contributed by atoms with Gasteiger partial charge in [0.25, 0.3) is 0 Å². The molecule has 1 heterocycles. The van der Waals surface area contributed by atoms with E-state index in [0.717, 1.165) is 12.0 Å². The van der Waals surface area contributed by atoms with E-state index in [0.29, 0.717) is 11.6 Å². The zero-order valence-electron chi connectivity index (χ0n) is 9.38. The topological polar surface area (TPSA) is 33.1 Å². The second kappa shape index (κ2) is 5.80. The molecule has 1 N–H and O–H groups in total. The van der Waals surface area contributed by atoms with Gasteiger partial charge in [0.2, 0.25) is 0 Å². The van der Waals surface area contributed by atoms with E-state index < -0.39 is 6.10 Å². The molecule has 0 aliphatic rings. The molecule has 1 unspecified atom stereocenters. The zero-order valence-corrected chi connectivity index (χ0v) is 10.1. The highest BCUT2D eigenvalue weighted by atomic mass is 35.5. The lowest BCUT2D eigenvalue weighted by molar-refractivity contribution is 0.167. The van der Waals surface area contributed by atoms with Gasteiger partial charge in [-0.05, 0) is 36.1 Å². The van der Waals surface area contributed by atoms with Crippen molar-refractivity contribution in [3.8, 4) is 0 Å². The Labute approximate surface area is 106 Å². The number of aliphatic hydroxyl groups is 1. The minimum atomic E-state index is -0.490. The predicted molar refractivity (Wildman–Crippen MR) is 69.0 cm³/mol. The van der Waals surface area contributed by atoms with Crippen LogP contribution in [0.5, 0.6) is 0 Å². The minimum Gasteiger partial charge on any atom is -0.388 e. The van der Waals surface area contributed by atoms with Crippen molar-refractivity contribution in [3.63, 3.8) is 0 Å². The lowest BCUT2D eigenvalue weighted by Crippen LogP contribution is -2.00. The van der Waals surface area contributed by atoms with Crippen LogP contribution in [0.1, 0.15) is 23.7 Å². The third-order valence-corrected chi connectivity index (χ3v) is 2.89. The average molecular weight is 248 g/mol. The zero-order chi connectivity index (χ0) is 12.1. The average Bonchev–Trinajstić information content (AvgIpc) is 2.37. The van der Waals surface area contributed by atoms with Gasteiger partial charge in [0.15, 0.2) is 0 Å². The molecule has 2 nitrogen and oxygen atoms in total. The number of hydrogen-bond acceptors (Lipinski definition) is 2. The van der Waals surface area contributed by atoms with E-state index in [9.17, 15) is 5.11 Å². The van der Waals surface area contributed by atoms with Gasteiger partial charge in [-0.25, -0.2) is 4.98 Å². The minimum absolute atomic E-state index is 0.418. The number of halogens is 1. The first-order valence-corrected chi connectivity index (χ1v) is 5.97. The molecule has 0 aliphatic heterocycles. The molecule has 88 valence electrons. The van der Waals surface area contributed by atoms with Crippen LogP contribution in [0.15, 0.2) is 48.7 Å². The van der Waals surface area contributed by atoms with Gasteiger partial charge in [0.05, 0.1) is 6.10 Å². The molecular formula is C14H14ClNO. The number of pyridine rings is 1. The van der Waals surface area contributed by atoms with Crippen molar-refractivity contribution in [1.82, 2.24) is 4.98 Å². The number of aromatic nitrogens is 1. The van der Waals surface area contributed by atoms with Crippen molar-refractivity contribution < 1.29 is 5.11 Å². The van der Waals surface area contributed by atoms with Gasteiger partial charge in [0.1, 0.15) is 5.15 Å². The van der Waals surface area contributed by atoms with E-state index in [2.05, 4.69) is 17.1 Å². The molecule has 0 spiro atoms. The summed E-state index contributed by atoms with van der Waals surface area (Å²) >= 11 is 5.78. The van der Waals surface area contributed by atoms with Crippen molar-refractivity contribution in [2.45, 2.75) is 18.9 Å². The quantitative estimate of drug-likeness (QED) is 0.840. The Morgan fingerprint density at radius 2 is 1.94 bits per heavy atom. The van der Waals surface area contributed by atoms with Crippen LogP contribution in [0.25, 0.3) is 0 Å². The molecule has 0 amide bonds. The first kappa shape index (κ1) is 12.1. The lowest BCUT2D eigenvalue weighted by atomic mass is 10.0. The van der Waals surface area contributed by atoms with Gasteiger partial charge in [0, 0.05) is 6.20 Å². The van der Waals surface area contributed by atoms with Crippen molar-refractivity contribution in [2.75, 3.05) is 0 Å². The lowest BCUT2D eigenvalue weighted by Gasteiger charge is -2.10. The van der Waals surface area contributed by atoms with Gasteiger partial charge in [-0.3, -0.25) is 0 Å².